The maximum absolute atomic E-state index is 13.0. The summed E-state index contributed by atoms with van der Waals surface area (Å²) in [6.07, 6.45) is 3.87. The van der Waals surface area contributed by atoms with Gasteiger partial charge in [0.1, 0.15) is 22.8 Å². The van der Waals surface area contributed by atoms with E-state index in [1.165, 1.54) is 30.5 Å². The molecule has 1 atom stereocenters. The second kappa shape index (κ2) is 9.87. The minimum atomic E-state index is -4.45. The zero-order valence-electron chi connectivity index (χ0n) is 19.2. The summed E-state index contributed by atoms with van der Waals surface area (Å²) in [6, 6.07) is 12.9. The molecule has 190 valence electrons. The number of nitrogens with zero attached hydrogens (tertiary/aromatic N) is 2. The van der Waals surface area contributed by atoms with Crippen molar-refractivity contribution < 1.29 is 27.6 Å². The average Bonchev–Trinajstić information content (AvgIpc) is 3.56. The summed E-state index contributed by atoms with van der Waals surface area (Å²) in [5, 5.41) is 15.4. The van der Waals surface area contributed by atoms with Gasteiger partial charge in [0.05, 0.1) is 34.2 Å². The van der Waals surface area contributed by atoms with E-state index in [1.54, 1.807) is 24.4 Å². The highest BCUT2D eigenvalue weighted by Gasteiger charge is 2.26. The van der Waals surface area contributed by atoms with Crippen molar-refractivity contribution in [2.45, 2.75) is 17.4 Å². The molecule has 0 unspecified atom stereocenters. The summed E-state index contributed by atoms with van der Waals surface area (Å²) in [6.45, 7) is 0.927. The van der Waals surface area contributed by atoms with Gasteiger partial charge in [-0.3, -0.25) is 14.9 Å². The van der Waals surface area contributed by atoms with Gasteiger partial charge in [-0.25, -0.2) is 18.1 Å². The standard InChI is InChI=1S/C24H21N5O7S/c30-24(19-3-1-2-4-22(19)36-17-11-15-7-9-25-23(15)26-13-17)28-37(33,34)18-5-6-20(21(12-18)29(31)32)27-16-8-10-35-14-16/h1-7,9,11-13,16,27H,8,10,14H2,(H,25,26)(H,28,30)/t16-/m1/s1. The second-order valence-electron chi connectivity index (χ2n) is 8.26. The molecule has 5 rings (SSSR count). The number of benzene rings is 2. The molecule has 1 amide bonds. The fourth-order valence-electron chi connectivity index (χ4n) is 3.90. The number of ether oxygens (including phenoxy) is 2. The van der Waals surface area contributed by atoms with Gasteiger partial charge in [0.2, 0.25) is 0 Å². The van der Waals surface area contributed by atoms with Gasteiger partial charge in [-0.2, -0.15) is 0 Å². The van der Waals surface area contributed by atoms with Gasteiger partial charge in [-0.05, 0) is 42.8 Å². The van der Waals surface area contributed by atoms with Crippen LogP contribution in [0.25, 0.3) is 11.0 Å². The lowest BCUT2D eigenvalue weighted by atomic mass is 10.2. The first-order valence-corrected chi connectivity index (χ1v) is 12.7. The Balaban J connectivity index is 1.37. The van der Waals surface area contributed by atoms with E-state index in [2.05, 4.69) is 15.3 Å². The predicted octanol–water partition coefficient (Wildman–Crippen LogP) is 3.58. The Morgan fingerprint density at radius 2 is 2.03 bits per heavy atom. The fraction of sp³-hybridized carbons (Fsp3) is 0.167. The Morgan fingerprint density at radius 1 is 1.19 bits per heavy atom. The van der Waals surface area contributed by atoms with Gasteiger partial charge >= 0.3 is 0 Å². The van der Waals surface area contributed by atoms with Crippen molar-refractivity contribution >= 4 is 38.3 Å². The number of nitrogens with one attached hydrogen (secondary N) is 3. The molecule has 0 bridgehead atoms. The Morgan fingerprint density at radius 3 is 2.81 bits per heavy atom. The predicted molar refractivity (Wildman–Crippen MR) is 133 cm³/mol. The molecule has 0 spiro atoms. The number of aromatic nitrogens is 2. The summed E-state index contributed by atoms with van der Waals surface area (Å²) >= 11 is 0. The largest absolute Gasteiger partial charge is 0.455 e. The summed E-state index contributed by atoms with van der Waals surface area (Å²) < 4.78 is 39.0. The van der Waals surface area contributed by atoms with Crippen LogP contribution in [0.4, 0.5) is 11.4 Å². The number of pyridine rings is 1. The molecule has 3 heterocycles. The molecule has 1 saturated heterocycles. The summed E-state index contributed by atoms with van der Waals surface area (Å²) in [5.41, 5.74) is 0.349. The van der Waals surface area contributed by atoms with E-state index in [4.69, 9.17) is 9.47 Å². The number of anilines is 1. The lowest BCUT2D eigenvalue weighted by Gasteiger charge is -2.14. The van der Waals surface area contributed by atoms with Crippen molar-refractivity contribution in [3.05, 3.63) is 82.7 Å². The zero-order valence-corrected chi connectivity index (χ0v) is 20.0. The molecular weight excluding hydrogens is 502 g/mol. The van der Waals surface area contributed by atoms with Crippen molar-refractivity contribution in [3.63, 3.8) is 0 Å². The molecule has 2 aromatic heterocycles. The quantitative estimate of drug-likeness (QED) is 0.231. The first-order valence-electron chi connectivity index (χ1n) is 11.2. The van der Waals surface area contributed by atoms with Crippen LogP contribution in [0.1, 0.15) is 16.8 Å². The number of sulfonamides is 1. The van der Waals surface area contributed by atoms with Gasteiger partial charge in [0, 0.05) is 24.3 Å². The van der Waals surface area contributed by atoms with Crippen molar-refractivity contribution in [1.82, 2.24) is 14.7 Å². The third-order valence-corrected chi connectivity index (χ3v) is 7.06. The van der Waals surface area contributed by atoms with Crippen LogP contribution < -0.4 is 14.8 Å². The molecule has 1 aliphatic rings. The number of aromatic amines is 1. The lowest BCUT2D eigenvalue weighted by molar-refractivity contribution is -0.384. The normalized spacial score (nSPS) is 15.4. The van der Waals surface area contributed by atoms with Gasteiger partial charge in [0.25, 0.3) is 21.6 Å². The second-order valence-corrected chi connectivity index (χ2v) is 9.94. The maximum atomic E-state index is 13.0. The molecule has 0 radical (unpaired) electrons. The number of H-pyrrole nitrogens is 1. The molecule has 2 aromatic carbocycles. The van der Waals surface area contributed by atoms with Crippen LogP contribution in [0.15, 0.2) is 71.9 Å². The Bertz CT molecular complexity index is 1600. The fourth-order valence-corrected chi connectivity index (χ4v) is 4.89. The van der Waals surface area contributed by atoms with E-state index in [0.717, 1.165) is 11.5 Å². The molecule has 0 saturated carbocycles. The average molecular weight is 524 g/mol. The molecule has 13 heteroatoms. The molecule has 4 aromatic rings. The van der Waals surface area contributed by atoms with E-state index in [1.807, 2.05) is 10.8 Å². The van der Waals surface area contributed by atoms with Crippen LogP contribution in [-0.2, 0) is 14.8 Å². The highest BCUT2D eigenvalue weighted by molar-refractivity contribution is 7.90. The molecule has 1 aliphatic heterocycles. The van der Waals surface area contributed by atoms with E-state index >= 15 is 0 Å². The van der Waals surface area contributed by atoms with Gasteiger partial charge in [-0.15, -0.1) is 0 Å². The van der Waals surface area contributed by atoms with Gasteiger partial charge in [-0.1, -0.05) is 12.1 Å². The SMILES string of the molecule is O=C(NS(=O)(=O)c1ccc(N[C@@H]2CCOC2)c([N+](=O)[O-])c1)c1ccccc1Oc1cnc2[nH]ccc2c1. The van der Waals surface area contributed by atoms with Gasteiger partial charge in [0.15, 0.2) is 0 Å². The van der Waals surface area contributed by atoms with Crippen LogP contribution in [0.5, 0.6) is 11.5 Å². The van der Waals surface area contributed by atoms with Crippen LogP contribution in [0.3, 0.4) is 0 Å². The summed E-state index contributed by atoms with van der Waals surface area (Å²) in [4.78, 5) is 30.7. The van der Waals surface area contributed by atoms with Crippen LogP contribution >= 0.6 is 0 Å². The summed E-state index contributed by atoms with van der Waals surface area (Å²) in [7, 11) is -4.45. The Kier molecular flexibility index (Phi) is 6.46. The minimum absolute atomic E-state index is 0.0470. The Hall–Kier alpha value is -4.49. The van der Waals surface area contributed by atoms with E-state index in [9.17, 15) is 23.3 Å². The third-order valence-electron chi connectivity index (χ3n) is 5.73. The number of nitro groups is 1. The molecule has 1 fully saturated rings. The topological polar surface area (TPSA) is 166 Å². The van der Waals surface area contributed by atoms with E-state index < -0.39 is 31.4 Å². The number of fused-ring (bicyclic) bond motifs is 1. The number of hydrogen-bond donors (Lipinski definition) is 3. The third kappa shape index (κ3) is 5.22. The van der Waals surface area contributed by atoms with Crippen molar-refractivity contribution in [2.24, 2.45) is 0 Å². The molecule has 3 N–H and O–H groups in total. The van der Waals surface area contributed by atoms with Crippen LogP contribution in [0.2, 0.25) is 0 Å². The number of carbonyl (C=O) groups is 1. The smallest absolute Gasteiger partial charge is 0.293 e. The van der Waals surface area contributed by atoms with E-state index in [-0.39, 0.29) is 23.0 Å². The minimum Gasteiger partial charge on any atom is -0.455 e. The maximum Gasteiger partial charge on any atom is 0.293 e. The monoisotopic (exact) mass is 523 g/mol. The number of amides is 1. The molecule has 12 nitrogen and oxygen atoms in total. The number of rotatable bonds is 8. The summed E-state index contributed by atoms with van der Waals surface area (Å²) in [5.74, 6) is -0.503. The molecule has 37 heavy (non-hydrogen) atoms. The Labute approximate surface area is 210 Å². The van der Waals surface area contributed by atoms with Crippen LogP contribution in [0, 0.1) is 10.1 Å². The number of para-hydroxylation sites is 1. The van der Waals surface area contributed by atoms with Gasteiger partial charge < -0.3 is 19.8 Å². The zero-order chi connectivity index (χ0) is 26.0. The molecular formula is C24H21N5O7S. The lowest BCUT2D eigenvalue weighted by Crippen LogP contribution is -2.31. The number of carbonyl (C=O) groups excluding carboxylic acids is 1. The van der Waals surface area contributed by atoms with Crippen molar-refractivity contribution in [1.29, 1.82) is 0 Å². The van der Waals surface area contributed by atoms with Crippen molar-refractivity contribution in [3.8, 4) is 11.5 Å². The highest BCUT2D eigenvalue weighted by Crippen LogP contribution is 2.30. The van der Waals surface area contributed by atoms with Crippen molar-refractivity contribution in [2.75, 3.05) is 18.5 Å². The number of hydrogen-bond acceptors (Lipinski definition) is 9. The van der Waals surface area contributed by atoms with E-state index in [0.29, 0.717) is 31.0 Å². The molecule has 0 aliphatic carbocycles. The first kappa shape index (κ1) is 24.2. The first-order chi connectivity index (χ1) is 17.8. The number of nitro benzene ring substituents is 1. The van der Waals surface area contributed by atoms with Crippen LogP contribution in [-0.4, -0.2) is 48.5 Å². The highest BCUT2D eigenvalue weighted by atomic mass is 32.2.